The molecule has 0 atom stereocenters. The molecule has 0 radical (unpaired) electrons. The first-order chi connectivity index (χ1) is 9.09. The van der Waals surface area contributed by atoms with E-state index >= 15 is 0 Å². The van der Waals surface area contributed by atoms with Gasteiger partial charge in [-0.25, -0.2) is 9.36 Å². The number of nitrogens with one attached hydrogen (secondary N) is 1. The summed E-state index contributed by atoms with van der Waals surface area (Å²) < 4.78 is 1.78. The van der Waals surface area contributed by atoms with E-state index in [0.29, 0.717) is 15.9 Å². The summed E-state index contributed by atoms with van der Waals surface area (Å²) in [6.07, 6.45) is 0. The first-order valence-electron chi connectivity index (χ1n) is 5.88. The van der Waals surface area contributed by atoms with Crippen molar-refractivity contribution in [1.29, 1.82) is 0 Å². The highest BCUT2D eigenvalue weighted by Gasteiger charge is 2.12. The van der Waals surface area contributed by atoms with Gasteiger partial charge >= 0.3 is 5.69 Å². The van der Waals surface area contributed by atoms with Crippen LogP contribution >= 0.6 is 11.3 Å². The molecule has 5 heteroatoms. The number of H-pyrrole nitrogens is 1. The van der Waals surface area contributed by atoms with Crippen molar-refractivity contribution < 1.29 is 0 Å². The van der Waals surface area contributed by atoms with Gasteiger partial charge in [-0.15, -0.1) is 11.3 Å². The fourth-order valence-electron chi connectivity index (χ4n) is 2.13. The van der Waals surface area contributed by atoms with Gasteiger partial charge in [0.25, 0.3) is 5.56 Å². The molecular formula is C14H12N2O2S. The van der Waals surface area contributed by atoms with Gasteiger partial charge in [-0.2, -0.15) is 0 Å². The van der Waals surface area contributed by atoms with Crippen molar-refractivity contribution in [2.45, 2.75) is 13.8 Å². The third-order valence-corrected chi connectivity index (χ3v) is 4.23. The predicted octanol–water partition coefficient (Wildman–Crippen LogP) is 2.36. The summed E-state index contributed by atoms with van der Waals surface area (Å²) in [6.45, 7) is 3.87. The lowest BCUT2D eigenvalue weighted by molar-refractivity contribution is 0.894. The number of benzene rings is 1. The molecule has 2 heterocycles. The number of nitrogens with zero attached hydrogens (tertiary/aromatic N) is 1. The number of aromatic amines is 1. The minimum atomic E-state index is -0.399. The van der Waals surface area contributed by atoms with Crippen LogP contribution in [0.2, 0.25) is 0 Å². The van der Waals surface area contributed by atoms with E-state index in [1.807, 2.05) is 26.0 Å². The van der Waals surface area contributed by atoms with Crippen molar-refractivity contribution in [2.24, 2.45) is 0 Å². The Morgan fingerprint density at radius 3 is 2.74 bits per heavy atom. The highest BCUT2D eigenvalue weighted by Crippen LogP contribution is 2.17. The van der Waals surface area contributed by atoms with Crippen LogP contribution in [0.25, 0.3) is 15.9 Å². The summed E-state index contributed by atoms with van der Waals surface area (Å²) in [5, 5.41) is 1.80. The SMILES string of the molecule is Cc1cccc(-n2c(=O)[nH]c3ccsc3c2=O)c1C. The van der Waals surface area contributed by atoms with Crippen molar-refractivity contribution in [3.63, 3.8) is 0 Å². The second-order valence-corrected chi connectivity index (χ2v) is 5.37. The van der Waals surface area contributed by atoms with Gasteiger partial charge in [0, 0.05) is 0 Å². The molecule has 96 valence electrons. The summed E-state index contributed by atoms with van der Waals surface area (Å²) in [6, 6.07) is 7.35. The molecule has 3 rings (SSSR count). The highest BCUT2D eigenvalue weighted by molar-refractivity contribution is 7.17. The van der Waals surface area contributed by atoms with Crippen LogP contribution in [-0.4, -0.2) is 9.55 Å². The van der Waals surface area contributed by atoms with Gasteiger partial charge in [0.05, 0.1) is 11.2 Å². The zero-order chi connectivity index (χ0) is 13.6. The summed E-state index contributed by atoms with van der Waals surface area (Å²) >= 11 is 1.34. The largest absolute Gasteiger partial charge is 0.333 e. The zero-order valence-electron chi connectivity index (χ0n) is 10.6. The quantitative estimate of drug-likeness (QED) is 0.739. The minimum absolute atomic E-state index is 0.262. The second kappa shape index (κ2) is 4.20. The zero-order valence-corrected chi connectivity index (χ0v) is 11.4. The Morgan fingerprint density at radius 1 is 1.16 bits per heavy atom. The summed E-state index contributed by atoms with van der Waals surface area (Å²) in [4.78, 5) is 27.3. The molecule has 0 saturated carbocycles. The van der Waals surface area contributed by atoms with Gasteiger partial charge in [-0.3, -0.25) is 4.79 Å². The van der Waals surface area contributed by atoms with Crippen molar-refractivity contribution in [1.82, 2.24) is 9.55 Å². The molecule has 4 nitrogen and oxygen atoms in total. The lowest BCUT2D eigenvalue weighted by Crippen LogP contribution is -2.33. The lowest BCUT2D eigenvalue weighted by atomic mass is 10.1. The van der Waals surface area contributed by atoms with E-state index in [9.17, 15) is 9.59 Å². The van der Waals surface area contributed by atoms with Crippen LogP contribution in [0, 0.1) is 13.8 Å². The van der Waals surface area contributed by atoms with E-state index in [2.05, 4.69) is 4.98 Å². The normalized spacial score (nSPS) is 11.1. The molecule has 0 aliphatic rings. The maximum Gasteiger partial charge on any atom is 0.333 e. The van der Waals surface area contributed by atoms with Crippen LogP contribution in [-0.2, 0) is 0 Å². The average molecular weight is 272 g/mol. The van der Waals surface area contributed by atoms with Gasteiger partial charge in [-0.05, 0) is 42.5 Å². The van der Waals surface area contributed by atoms with Crippen LogP contribution in [0.4, 0.5) is 0 Å². The molecule has 3 aromatic rings. The van der Waals surface area contributed by atoms with Gasteiger partial charge in [-0.1, -0.05) is 12.1 Å². The van der Waals surface area contributed by atoms with Gasteiger partial charge in [0.1, 0.15) is 4.70 Å². The standard InChI is InChI=1S/C14H12N2O2S/c1-8-4-3-5-11(9(8)2)16-13(17)12-10(6-7-19-12)15-14(16)18/h3-7H,1-2H3,(H,15,18). The lowest BCUT2D eigenvalue weighted by Gasteiger charge is -2.10. The molecule has 0 saturated heterocycles. The maximum atomic E-state index is 12.4. The predicted molar refractivity (Wildman–Crippen MR) is 77.5 cm³/mol. The Labute approximate surface area is 113 Å². The van der Waals surface area contributed by atoms with E-state index in [0.717, 1.165) is 11.1 Å². The Bertz CT molecular complexity index is 886. The number of hydrogen-bond acceptors (Lipinski definition) is 3. The van der Waals surface area contributed by atoms with Crippen LogP contribution in [0.5, 0.6) is 0 Å². The Balaban J connectivity index is 2.46. The molecule has 1 aromatic carbocycles. The molecule has 0 spiro atoms. The van der Waals surface area contributed by atoms with Crippen LogP contribution in [0.1, 0.15) is 11.1 Å². The van der Waals surface area contributed by atoms with Gasteiger partial charge < -0.3 is 4.98 Å². The summed E-state index contributed by atoms with van der Waals surface area (Å²) in [5.41, 5.74) is 2.57. The number of thiophene rings is 1. The van der Waals surface area contributed by atoms with Crippen LogP contribution < -0.4 is 11.2 Å². The first kappa shape index (κ1) is 11.9. The van der Waals surface area contributed by atoms with Crippen molar-refractivity contribution >= 4 is 21.6 Å². The van der Waals surface area contributed by atoms with Crippen LogP contribution in [0.3, 0.4) is 0 Å². The molecule has 0 aliphatic heterocycles. The smallest absolute Gasteiger partial charge is 0.306 e. The summed E-state index contributed by atoms with van der Waals surface area (Å²) in [5.74, 6) is 0. The number of hydrogen-bond donors (Lipinski definition) is 1. The van der Waals surface area contributed by atoms with Crippen molar-refractivity contribution in [2.75, 3.05) is 0 Å². The van der Waals surface area contributed by atoms with E-state index in [4.69, 9.17) is 0 Å². The van der Waals surface area contributed by atoms with Gasteiger partial charge in [0.2, 0.25) is 0 Å². The van der Waals surface area contributed by atoms with Crippen molar-refractivity contribution in [3.05, 3.63) is 61.6 Å². The van der Waals surface area contributed by atoms with Gasteiger partial charge in [0.15, 0.2) is 0 Å². The Kier molecular flexibility index (Phi) is 2.64. The minimum Gasteiger partial charge on any atom is -0.306 e. The third kappa shape index (κ3) is 1.74. The van der Waals surface area contributed by atoms with E-state index in [1.165, 1.54) is 15.9 Å². The average Bonchev–Trinajstić information content (AvgIpc) is 2.82. The van der Waals surface area contributed by atoms with E-state index in [-0.39, 0.29) is 5.56 Å². The Morgan fingerprint density at radius 2 is 1.95 bits per heavy atom. The molecule has 0 aliphatic carbocycles. The fourth-order valence-corrected chi connectivity index (χ4v) is 2.91. The van der Waals surface area contributed by atoms with Crippen molar-refractivity contribution in [3.8, 4) is 5.69 Å². The Hall–Kier alpha value is -2.14. The number of aromatic nitrogens is 2. The maximum absolute atomic E-state index is 12.4. The fraction of sp³-hybridized carbons (Fsp3) is 0.143. The highest BCUT2D eigenvalue weighted by atomic mass is 32.1. The molecule has 19 heavy (non-hydrogen) atoms. The molecule has 2 aromatic heterocycles. The molecule has 0 unspecified atom stereocenters. The third-order valence-electron chi connectivity index (χ3n) is 3.32. The van der Waals surface area contributed by atoms with Crippen LogP contribution in [0.15, 0.2) is 39.2 Å². The molecule has 1 N–H and O–H groups in total. The van der Waals surface area contributed by atoms with E-state index < -0.39 is 5.69 Å². The summed E-state index contributed by atoms with van der Waals surface area (Å²) in [7, 11) is 0. The molecule has 0 fully saturated rings. The molecule has 0 bridgehead atoms. The van der Waals surface area contributed by atoms with E-state index in [1.54, 1.807) is 17.5 Å². The topological polar surface area (TPSA) is 54.9 Å². The second-order valence-electron chi connectivity index (χ2n) is 4.45. The molecule has 0 amide bonds. The first-order valence-corrected chi connectivity index (χ1v) is 6.76. The monoisotopic (exact) mass is 272 g/mol. The number of rotatable bonds is 1. The number of fused-ring (bicyclic) bond motifs is 1. The number of aryl methyl sites for hydroxylation is 1. The molecular weight excluding hydrogens is 260 g/mol.